The van der Waals surface area contributed by atoms with Crippen molar-refractivity contribution in [2.24, 2.45) is 0 Å². The summed E-state index contributed by atoms with van der Waals surface area (Å²) in [5.41, 5.74) is 0. The Morgan fingerprint density at radius 3 is 1.78 bits per heavy atom. The number of thioether (sulfide) groups is 1. The molecule has 9 heavy (non-hydrogen) atoms. The predicted molar refractivity (Wildman–Crippen MR) is 46.5 cm³/mol. The van der Waals surface area contributed by atoms with Crippen LogP contribution in [0.5, 0.6) is 0 Å². The van der Waals surface area contributed by atoms with Gasteiger partial charge in [0.05, 0.1) is 0 Å². The number of hydrogen-bond acceptors (Lipinski definition) is 1. The second-order valence-corrected chi connectivity index (χ2v) is 2.51. The molecule has 0 unspecified atom stereocenters. The van der Waals surface area contributed by atoms with E-state index < -0.39 is 0 Å². The summed E-state index contributed by atoms with van der Waals surface area (Å²) in [5.74, 6) is 0. The molecule has 0 aromatic rings. The first kappa shape index (κ1) is 8.83. The molecule has 0 nitrogen and oxygen atoms in total. The lowest BCUT2D eigenvalue weighted by Crippen LogP contribution is -1.50. The van der Waals surface area contributed by atoms with E-state index in [1.165, 1.54) is 0 Å². The molecule has 0 atom stereocenters. The second-order valence-electron chi connectivity index (χ2n) is 1.70. The van der Waals surface area contributed by atoms with E-state index >= 15 is 0 Å². The van der Waals surface area contributed by atoms with Gasteiger partial charge in [0.2, 0.25) is 0 Å². The van der Waals surface area contributed by atoms with E-state index in [1.807, 2.05) is 0 Å². The molecule has 0 aliphatic rings. The van der Waals surface area contributed by atoms with Gasteiger partial charge in [-0.1, -0.05) is 26.0 Å². The number of hydrogen-bond donors (Lipinski definition) is 0. The van der Waals surface area contributed by atoms with Gasteiger partial charge in [-0.05, 0) is 23.7 Å². The normalized spacial score (nSPS) is 11.8. The van der Waals surface area contributed by atoms with Crippen LogP contribution in [0.2, 0.25) is 0 Å². The Labute approximate surface area is 62.0 Å². The van der Waals surface area contributed by atoms with Gasteiger partial charge in [-0.2, -0.15) is 0 Å². The molecule has 0 aromatic heterocycles. The largest absolute Gasteiger partial charge is 0.107 e. The third-order valence-electron chi connectivity index (χ3n) is 0.821. The van der Waals surface area contributed by atoms with Crippen molar-refractivity contribution in [2.75, 3.05) is 0 Å². The molecule has 0 heterocycles. The third-order valence-corrected chi connectivity index (χ3v) is 1.52. The molecule has 0 N–H and O–H groups in total. The van der Waals surface area contributed by atoms with Gasteiger partial charge < -0.3 is 0 Å². The summed E-state index contributed by atoms with van der Waals surface area (Å²) in [5, 5.41) is 4.23. The molecule has 0 aliphatic carbocycles. The smallest absolute Gasteiger partial charge is 0.0288 e. The predicted octanol–water partition coefficient (Wildman–Crippen LogP) is 3.57. The molecule has 0 amide bonds. The third kappa shape index (κ3) is 7.83. The van der Waals surface area contributed by atoms with E-state index in [0.717, 1.165) is 12.8 Å². The Morgan fingerprint density at radius 2 is 1.44 bits per heavy atom. The van der Waals surface area contributed by atoms with Crippen molar-refractivity contribution in [1.29, 1.82) is 0 Å². The van der Waals surface area contributed by atoms with Gasteiger partial charge in [0.1, 0.15) is 0 Å². The Hall–Kier alpha value is -0.170. The van der Waals surface area contributed by atoms with Crippen LogP contribution in [-0.4, -0.2) is 0 Å². The topological polar surface area (TPSA) is 0 Å². The van der Waals surface area contributed by atoms with Crippen LogP contribution in [-0.2, 0) is 0 Å². The Balaban J connectivity index is 3.08. The van der Waals surface area contributed by atoms with Gasteiger partial charge in [0.25, 0.3) is 0 Å². The summed E-state index contributed by atoms with van der Waals surface area (Å²) >= 11 is 1.74. The zero-order valence-corrected chi connectivity index (χ0v) is 6.95. The standard InChI is InChI=1S/C8H14S/c1-3-5-7-9-8-6-4-2/h5-8H,3-4H2,1-2H3. The van der Waals surface area contributed by atoms with Crippen LogP contribution in [0, 0.1) is 0 Å². The number of rotatable bonds is 4. The molecule has 0 fully saturated rings. The van der Waals surface area contributed by atoms with E-state index in [0.29, 0.717) is 0 Å². The van der Waals surface area contributed by atoms with Crippen molar-refractivity contribution in [2.45, 2.75) is 26.7 Å². The highest BCUT2D eigenvalue weighted by atomic mass is 32.2. The summed E-state index contributed by atoms with van der Waals surface area (Å²) < 4.78 is 0. The lowest BCUT2D eigenvalue weighted by atomic mass is 10.5. The van der Waals surface area contributed by atoms with E-state index in [4.69, 9.17) is 0 Å². The summed E-state index contributed by atoms with van der Waals surface area (Å²) in [6.07, 6.45) is 6.58. The van der Waals surface area contributed by atoms with E-state index in [2.05, 4.69) is 36.8 Å². The Morgan fingerprint density at radius 1 is 1.00 bits per heavy atom. The van der Waals surface area contributed by atoms with Crippen LogP contribution in [0.15, 0.2) is 23.0 Å². The van der Waals surface area contributed by atoms with Crippen molar-refractivity contribution in [3.05, 3.63) is 23.0 Å². The summed E-state index contributed by atoms with van der Waals surface area (Å²) in [4.78, 5) is 0. The maximum atomic E-state index is 2.16. The fraction of sp³-hybridized carbons (Fsp3) is 0.500. The lowest BCUT2D eigenvalue weighted by Gasteiger charge is -1.79. The van der Waals surface area contributed by atoms with Crippen molar-refractivity contribution in [3.8, 4) is 0 Å². The first-order chi connectivity index (χ1) is 4.41. The highest BCUT2D eigenvalue weighted by Gasteiger charge is 1.68. The molecule has 0 bridgehead atoms. The molecular formula is C8H14S. The molecular weight excluding hydrogens is 128 g/mol. The number of allylic oxidation sites excluding steroid dienone is 2. The maximum Gasteiger partial charge on any atom is -0.0288 e. The highest BCUT2D eigenvalue weighted by molar-refractivity contribution is 8.04. The maximum absolute atomic E-state index is 2.16. The quantitative estimate of drug-likeness (QED) is 0.578. The fourth-order valence-electron chi connectivity index (χ4n) is 0.349. The van der Waals surface area contributed by atoms with Crippen LogP contribution in [0.3, 0.4) is 0 Å². The van der Waals surface area contributed by atoms with Crippen LogP contribution in [0.4, 0.5) is 0 Å². The van der Waals surface area contributed by atoms with Crippen molar-refractivity contribution in [1.82, 2.24) is 0 Å². The Bertz CT molecular complexity index is 80.7. The van der Waals surface area contributed by atoms with Crippen LogP contribution < -0.4 is 0 Å². The molecule has 0 aliphatic heterocycles. The molecule has 0 aromatic carbocycles. The van der Waals surface area contributed by atoms with Gasteiger partial charge in [-0.25, -0.2) is 0 Å². The minimum atomic E-state index is 1.13. The van der Waals surface area contributed by atoms with E-state index in [-0.39, 0.29) is 0 Å². The lowest BCUT2D eigenvalue weighted by molar-refractivity contribution is 1.23. The molecule has 0 radical (unpaired) electrons. The molecule has 0 spiro atoms. The highest BCUT2D eigenvalue weighted by Crippen LogP contribution is 2.04. The van der Waals surface area contributed by atoms with E-state index in [1.54, 1.807) is 11.8 Å². The average Bonchev–Trinajstić information content (AvgIpc) is 1.89. The van der Waals surface area contributed by atoms with Gasteiger partial charge in [0, 0.05) is 0 Å². The summed E-state index contributed by atoms with van der Waals surface area (Å²) in [6, 6.07) is 0. The fourth-order valence-corrected chi connectivity index (χ4v) is 1.05. The molecule has 1 heteroatoms. The first-order valence-corrected chi connectivity index (χ1v) is 4.31. The van der Waals surface area contributed by atoms with Crippen LogP contribution in [0.25, 0.3) is 0 Å². The van der Waals surface area contributed by atoms with Crippen molar-refractivity contribution in [3.63, 3.8) is 0 Å². The van der Waals surface area contributed by atoms with Gasteiger partial charge in [0.15, 0.2) is 0 Å². The molecule has 0 saturated carbocycles. The molecule has 0 saturated heterocycles. The molecule has 52 valence electrons. The first-order valence-electron chi connectivity index (χ1n) is 3.37. The minimum Gasteiger partial charge on any atom is -0.107 e. The zero-order chi connectivity index (χ0) is 6.95. The van der Waals surface area contributed by atoms with E-state index in [9.17, 15) is 0 Å². The van der Waals surface area contributed by atoms with Crippen LogP contribution >= 0.6 is 11.8 Å². The van der Waals surface area contributed by atoms with Gasteiger partial charge >= 0.3 is 0 Å². The molecule has 0 rings (SSSR count). The summed E-state index contributed by atoms with van der Waals surface area (Å²) in [7, 11) is 0. The average molecular weight is 142 g/mol. The summed E-state index contributed by atoms with van der Waals surface area (Å²) in [6.45, 7) is 4.28. The SMILES string of the molecule is CCC=CSC=CCC. The van der Waals surface area contributed by atoms with Gasteiger partial charge in [-0.15, -0.1) is 11.8 Å². The van der Waals surface area contributed by atoms with Crippen molar-refractivity contribution >= 4 is 11.8 Å². The monoisotopic (exact) mass is 142 g/mol. The van der Waals surface area contributed by atoms with Gasteiger partial charge in [-0.3, -0.25) is 0 Å². The van der Waals surface area contributed by atoms with Crippen LogP contribution in [0.1, 0.15) is 26.7 Å². The zero-order valence-electron chi connectivity index (χ0n) is 6.13. The minimum absolute atomic E-state index is 1.13. The Kier molecular flexibility index (Phi) is 7.68. The van der Waals surface area contributed by atoms with Crippen molar-refractivity contribution < 1.29 is 0 Å². The second kappa shape index (κ2) is 7.83.